The van der Waals surface area contributed by atoms with E-state index in [2.05, 4.69) is 15.3 Å². The van der Waals surface area contributed by atoms with Crippen LogP contribution in [0.4, 0.5) is 5.82 Å². The predicted molar refractivity (Wildman–Crippen MR) is 62.4 cm³/mol. The van der Waals surface area contributed by atoms with Gasteiger partial charge in [-0.05, 0) is 25.7 Å². The van der Waals surface area contributed by atoms with E-state index in [0.717, 1.165) is 36.9 Å². The summed E-state index contributed by atoms with van der Waals surface area (Å²) in [5.41, 5.74) is 7.13. The lowest BCUT2D eigenvalue weighted by Gasteiger charge is -2.18. The van der Waals surface area contributed by atoms with Crippen molar-refractivity contribution < 1.29 is 9.90 Å². The van der Waals surface area contributed by atoms with Crippen molar-refractivity contribution in [2.45, 2.75) is 31.8 Å². The summed E-state index contributed by atoms with van der Waals surface area (Å²) in [6.07, 6.45) is 4.48. The average molecular weight is 236 g/mol. The molecule has 0 aliphatic heterocycles. The minimum atomic E-state index is -1.19. The van der Waals surface area contributed by atoms with Crippen LogP contribution >= 0.6 is 0 Å². The van der Waals surface area contributed by atoms with Gasteiger partial charge in [0.25, 0.3) is 0 Å². The number of carbonyl (C=O) groups excluding carboxylic acids is 1. The zero-order valence-corrected chi connectivity index (χ0v) is 9.52. The van der Waals surface area contributed by atoms with E-state index in [4.69, 9.17) is 5.73 Å². The summed E-state index contributed by atoms with van der Waals surface area (Å²) in [6, 6.07) is 0. The van der Waals surface area contributed by atoms with E-state index in [1.807, 2.05) is 0 Å². The first-order chi connectivity index (χ1) is 8.18. The van der Waals surface area contributed by atoms with Crippen LogP contribution in [0.1, 0.15) is 24.1 Å². The lowest BCUT2D eigenvalue weighted by Crippen LogP contribution is -2.34. The Morgan fingerprint density at radius 1 is 1.47 bits per heavy atom. The number of aliphatic hydroxyl groups is 1. The number of hydrogen-bond acceptors (Lipinski definition) is 5. The highest BCUT2D eigenvalue weighted by atomic mass is 16.3. The Labute approximate surface area is 99.3 Å². The number of fused-ring (bicyclic) bond motifs is 1. The third kappa shape index (κ3) is 2.71. The summed E-state index contributed by atoms with van der Waals surface area (Å²) in [7, 11) is 0. The Morgan fingerprint density at radius 3 is 3.00 bits per heavy atom. The van der Waals surface area contributed by atoms with Crippen LogP contribution in [-0.2, 0) is 17.6 Å². The second-order valence-corrected chi connectivity index (χ2v) is 4.15. The Kier molecular flexibility index (Phi) is 3.53. The second kappa shape index (κ2) is 5.09. The van der Waals surface area contributed by atoms with Gasteiger partial charge in [0.15, 0.2) is 0 Å². The van der Waals surface area contributed by atoms with Crippen molar-refractivity contribution in [3.63, 3.8) is 0 Å². The fourth-order valence-electron chi connectivity index (χ4n) is 1.97. The van der Waals surface area contributed by atoms with Gasteiger partial charge in [-0.25, -0.2) is 9.97 Å². The van der Waals surface area contributed by atoms with Crippen LogP contribution in [0.15, 0.2) is 6.33 Å². The molecule has 0 bridgehead atoms. The summed E-state index contributed by atoms with van der Waals surface area (Å²) in [5.74, 6) is -0.0320. The van der Waals surface area contributed by atoms with Gasteiger partial charge in [0, 0.05) is 11.3 Å². The fraction of sp³-hybridized carbons (Fsp3) is 0.545. The van der Waals surface area contributed by atoms with Gasteiger partial charge in [0.1, 0.15) is 18.2 Å². The van der Waals surface area contributed by atoms with E-state index in [-0.39, 0.29) is 6.54 Å². The first kappa shape index (κ1) is 11.8. The largest absolute Gasteiger partial charge is 0.381 e. The fourth-order valence-corrected chi connectivity index (χ4v) is 1.97. The monoisotopic (exact) mass is 236 g/mol. The molecule has 1 unspecified atom stereocenters. The van der Waals surface area contributed by atoms with Gasteiger partial charge in [-0.15, -0.1) is 0 Å². The summed E-state index contributed by atoms with van der Waals surface area (Å²) < 4.78 is 0. The summed E-state index contributed by atoms with van der Waals surface area (Å²) in [6.45, 7) is 0.0821. The molecule has 2 rings (SSSR count). The van der Waals surface area contributed by atoms with Crippen LogP contribution in [-0.4, -0.2) is 33.6 Å². The number of primary amides is 1. The molecule has 17 heavy (non-hydrogen) atoms. The Bertz CT molecular complexity index is 422. The molecule has 1 heterocycles. The first-order valence-corrected chi connectivity index (χ1v) is 5.72. The number of amides is 1. The van der Waals surface area contributed by atoms with Crippen LogP contribution in [0.2, 0.25) is 0 Å². The highest BCUT2D eigenvalue weighted by molar-refractivity contribution is 5.79. The normalized spacial score (nSPS) is 16.1. The maximum Gasteiger partial charge on any atom is 0.248 e. The topological polar surface area (TPSA) is 101 Å². The van der Waals surface area contributed by atoms with Crippen molar-refractivity contribution in [1.82, 2.24) is 9.97 Å². The highest BCUT2D eigenvalue weighted by Gasteiger charge is 2.17. The maximum atomic E-state index is 10.7. The SMILES string of the molecule is NC(=O)C(O)CNc1ncnc2c1CCCC2. The van der Waals surface area contributed by atoms with Crippen molar-refractivity contribution in [2.75, 3.05) is 11.9 Å². The Hall–Kier alpha value is -1.69. The van der Waals surface area contributed by atoms with Gasteiger partial charge in [-0.3, -0.25) is 4.79 Å². The molecule has 1 amide bonds. The van der Waals surface area contributed by atoms with E-state index in [9.17, 15) is 9.90 Å². The number of anilines is 1. The number of hydrogen-bond donors (Lipinski definition) is 3. The molecule has 92 valence electrons. The zero-order chi connectivity index (χ0) is 12.3. The van der Waals surface area contributed by atoms with Crippen LogP contribution < -0.4 is 11.1 Å². The highest BCUT2D eigenvalue weighted by Crippen LogP contribution is 2.24. The van der Waals surface area contributed by atoms with Crippen LogP contribution in [0.3, 0.4) is 0 Å². The molecule has 0 saturated heterocycles. The van der Waals surface area contributed by atoms with Gasteiger partial charge in [-0.2, -0.15) is 0 Å². The molecule has 0 aromatic carbocycles. The molecule has 0 spiro atoms. The molecule has 4 N–H and O–H groups in total. The minimum Gasteiger partial charge on any atom is -0.381 e. The third-order valence-corrected chi connectivity index (χ3v) is 2.92. The predicted octanol–water partition coefficient (Wildman–Crippen LogP) is -0.387. The average Bonchev–Trinajstić information content (AvgIpc) is 2.35. The minimum absolute atomic E-state index is 0.0821. The molecule has 1 aromatic rings. The van der Waals surface area contributed by atoms with Gasteiger partial charge in [0.05, 0.1) is 6.54 Å². The summed E-state index contributed by atoms with van der Waals surface area (Å²) in [4.78, 5) is 19.1. The van der Waals surface area contributed by atoms with Crippen LogP contribution in [0.25, 0.3) is 0 Å². The number of aryl methyl sites for hydroxylation is 1. The van der Waals surface area contributed by atoms with Gasteiger partial charge in [0.2, 0.25) is 5.91 Å². The van der Waals surface area contributed by atoms with E-state index >= 15 is 0 Å². The van der Waals surface area contributed by atoms with Crippen molar-refractivity contribution >= 4 is 11.7 Å². The maximum absolute atomic E-state index is 10.7. The number of nitrogens with zero attached hydrogens (tertiary/aromatic N) is 2. The molecule has 1 aliphatic rings. The third-order valence-electron chi connectivity index (χ3n) is 2.92. The van der Waals surface area contributed by atoms with Crippen molar-refractivity contribution in [3.05, 3.63) is 17.6 Å². The zero-order valence-electron chi connectivity index (χ0n) is 9.52. The molecule has 1 atom stereocenters. The van der Waals surface area contributed by atoms with E-state index in [1.165, 1.54) is 6.33 Å². The molecule has 1 aromatic heterocycles. The second-order valence-electron chi connectivity index (χ2n) is 4.15. The smallest absolute Gasteiger partial charge is 0.248 e. The number of aliphatic hydroxyl groups excluding tert-OH is 1. The molecular weight excluding hydrogens is 220 g/mol. The van der Waals surface area contributed by atoms with Gasteiger partial charge >= 0.3 is 0 Å². The van der Waals surface area contributed by atoms with Crippen LogP contribution in [0, 0.1) is 0 Å². The molecule has 0 fully saturated rings. The van der Waals surface area contributed by atoms with Crippen molar-refractivity contribution in [2.24, 2.45) is 5.73 Å². The molecule has 0 saturated carbocycles. The lowest BCUT2D eigenvalue weighted by molar-refractivity contribution is -0.125. The number of carbonyl (C=O) groups is 1. The number of rotatable bonds is 4. The van der Waals surface area contributed by atoms with E-state index in [0.29, 0.717) is 5.82 Å². The van der Waals surface area contributed by atoms with Crippen molar-refractivity contribution in [3.8, 4) is 0 Å². The standard InChI is InChI=1S/C11H16N4O2/c12-10(17)9(16)5-13-11-7-3-1-2-4-8(7)14-6-15-11/h6,9,16H,1-5H2,(H2,12,17)(H,13,14,15). The molecule has 6 nitrogen and oxygen atoms in total. The van der Waals surface area contributed by atoms with Crippen LogP contribution in [0.5, 0.6) is 0 Å². The molecular formula is C11H16N4O2. The van der Waals surface area contributed by atoms with Crippen molar-refractivity contribution in [1.29, 1.82) is 0 Å². The number of nitrogens with one attached hydrogen (secondary N) is 1. The summed E-state index contributed by atoms with van der Waals surface area (Å²) in [5, 5.41) is 12.3. The quantitative estimate of drug-likeness (QED) is 0.661. The molecule has 6 heteroatoms. The molecule has 0 radical (unpaired) electrons. The summed E-state index contributed by atoms with van der Waals surface area (Å²) >= 11 is 0. The Balaban J connectivity index is 2.08. The molecule has 1 aliphatic carbocycles. The number of nitrogens with two attached hydrogens (primary N) is 1. The van der Waals surface area contributed by atoms with E-state index in [1.54, 1.807) is 0 Å². The van der Waals surface area contributed by atoms with Gasteiger partial charge in [-0.1, -0.05) is 0 Å². The lowest BCUT2D eigenvalue weighted by atomic mass is 9.96. The van der Waals surface area contributed by atoms with Gasteiger partial charge < -0.3 is 16.2 Å². The van der Waals surface area contributed by atoms with E-state index < -0.39 is 12.0 Å². The Morgan fingerprint density at radius 2 is 2.24 bits per heavy atom. The first-order valence-electron chi connectivity index (χ1n) is 5.72. The number of aromatic nitrogens is 2.